The fourth-order valence-electron chi connectivity index (χ4n) is 3.33. The predicted octanol–water partition coefficient (Wildman–Crippen LogP) is 4.42. The molecule has 124 valence electrons. The van der Waals surface area contributed by atoms with Gasteiger partial charge in [0.15, 0.2) is 5.71 Å². The van der Waals surface area contributed by atoms with Crippen molar-refractivity contribution in [2.45, 2.75) is 19.3 Å². The Morgan fingerprint density at radius 3 is 2.12 bits per heavy atom. The van der Waals surface area contributed by atoms with Crippen LogP contribution in [0.5, 0.6) is 11.5 Å². The van der Waals surface area contributed by atoms with E-state index in [1.807, 2.05) is 18.2 Å². The summed E-state index contributed by atoms with van der Waals surface area (Å²) in [5.41, 5.74) is 4.87. The molecule has 0 saturated carbocycles. The van der Waals surface area contributed by atoms with Crippen molar-refractivity contribution in [2.75, 3.05) is 21.3 Å². The van der Waals surface area contributed by atoms with Crippen LogP contribution in [0.4, 0.5) is 5.69 Å². The number of benzene rings is 2. The van der Waals surface area contributed by atoms with E-state index in [0.29, 0.717) is 0 Å². The van der Waals surface area contributed by atoms with E-state index in [1.165, 1.54) is 17.0 Å². The first kappa shape index (κ1) is 16.3. The molecule has 0 bridgehead atoms. The molecule has 1 heterocycles. The van der Waals surface area contributed by atoms with Gasteiger partial charge in [0.2, 0.25) is 5.69 Å². The maximum absolute atomic E-state index is 5.40. The van der Waals surface area contributed by atoms with Crippen LogP contribution in [0.2, 0.25) is 0 Å². The maximum atomic E-state index is 5.40. The number of allylic oxidation sites excluding steroid dienone is 1. The lowest BCUT2D eigenvalue weighted by Gasteiger charge is -2.16. The van der Waals surface area contributed by atoms with E-state index in [1.54, 1.807) is 14.2 Å². The first-order chi connectivity index (χ1) is 11.5. The summed E-state index contributed by atoms with van der Waals surface area (Å²) in [6, 6.07) is 14.4. The average Bonchev–Trinajstić information content (AvgIpc) is 2.79. The van der Waals surface area contributed by atoms with E-state index in [4.69, 9.17) is 9.47 Å². The predicted molar refractivity (Wildman–Crippen MR) is 98.9 cm³/mol. The molecule has 3 heteroatoms. The Labute approximate surface area is 143 Å². The van der Waals surface area contributed by atoms with E-state index in [0.717, 1.165) is 17.1 Å². The normalized spacial score (nSPS) is 15.7. The number of hydrogen-bond donors (Lipinski definition) is 0. The molecule has 1 aliphatic heterocycles. The molecule has 0 amide bonds. The van der Waals surface area contributed by atoms with Crippen molar-refractivity contribution >= 4 is 17.5 Å². The van der Waals surface area contributed by atoms with Gasteiger partial charge in [-0.05, 0) is 49.8 Å². The Hall–Kier alpha value is -2.55. The average molecular weight is 322 g/mol. The van der Waals surface area contributed by atoms with Crippen molar-refractivity contribution in [3.63, 3.8) is 0 Å². The van der Waals surface area contributed by atoms with Gasteiger partial charge in [0.05, 0.1) is 19.6 Å². The zero-order valence-electron chi connectivity index (χ0n) is 15.0. The number of ether oxygens (including phenoxy) is 2. The zero-order chi connectivity index (χ0) is 17.3. The summed E-state index contributed by atoms with van der Waals surface area (Å²) in [4.78, 5) is 0. The van der Waals surface area contributed by atoms with Gasteiger partial charge in [-0.1, -0.05) is 12.1 Å². The van der Waals surface area contributed by atoms with Crippen molar-refractivity contribution in [3.05, 3.63) is 59.7 Å². The van der Waals surface area contributed by atoms with Gasteiger partial charge in [0.1, 0.15) is 18.5 Å². The molecule has 24 heavy (non-hydrogen) atoms. The lowest BCUT2D eigenvalue weighted by molar-refractivity contribution is -0.401. The number of nitrogens with zero attached hydrogens (tertiary/aromatic N) is 1. The van der Waals surface area contributed by atoms with Gasteiger partial charge in [0, 0.05) is 17.7 Å². The lowest BCUT2D eigenvalue weighted by atomic mass is 9.81. The van der Waals surface area contributed by atoms with E-state index in [2.05, 4.69) is 61.9 Å². The number of methoxy groups -OCH3 is 2. The summed E-state index contributed by atoms with van der Waals surface area (Å²) >= 11 is 0. The fourth-order valence-corrected chi connectivity index (χ4v) is 3.33. The number of rotatable bonds is 4. The third-order valence-corrected chi connectivity index (χ3v) is 4.79. The molecule has 3 rings (SSSR count). The molecule has 0 atom stereocenters. The molecule has 0 aliphatic carbocycles. The van der Waals surface area contributed by atoms with Gasteiger partial charge in [0.25, 0.3) is 0 Å². The second-order valence-corrected chi connectivity index (χ2v) is 6.56. The minimum Gasteiger partial charge on any atom is -0.497 e. The van der Waals surface area contributed by atoms with Crippen LogP contribution in [-0.2, 0) is 5.41 Å². The van der Waals surface area contributed by atoms with Crippen LogP contribution in [0.1, 0.15) is 25.0 Å². The van der Waals surface area contributed by atoms with E-state index < -0.39 is 0 Å². The SMILES string of the molecule is COc1ccc(C=CC2=[N+](C)c3ccc(OC)cc3C2(C)C)cc1. The summed E-state index contributed by atoms with van der Waals surface area (Å²) in [7, 11) is 5.51. The molecule has 3 nitrogen and oxygen atoms in total. The van der Waals surface area contributed by atoms with Crippen LogP contribution >= 0.6 is 0 Å². The molecule has 1 aliphatic rings. The Morgan fingerprint density at radius 2 is 1.50 bits per heavy atom. The van der Waals surface area contributed by atoms with E-state index in [-0.39, 0.29) is 5.41 Å². The summed E-state index contributed by atoms with van der Waals surface area (Å²) in [6.07, 6.45) is 4.35. The van der Waals surface area contributed by atoms with Crippen molar-refractivity contribution in [2.24, 2.45) is 0 Å². The Kier molecular flexibility index (Phi) is 4.18. The van der Waals surface area contributed by atoms with Gasteiger partial charge in [-0.2, -0.15) is 4.58 Å². The van der Waals surface area contributed by atoms with Crippen LogP contribution in [0.3, 0.4) is 0 Å². The van der Waals surface area contributed by atoms with Gasteiger partial charge in [-0.25, -0.2) is 0 Å². The van der Waals surface area contributed by atoms with Gasteiger partial charge < -0.3 is 9.47 Å². The van der Waals surface area contributed by atoms with Crippen LogP contribution in [0.25, 0.3) is 6.08 Å². The van der Waals surface area contributed by atoms with Crippen molar-refractivity contribution in [3.8, 4) is 11.5 Å². The van der Waals surface area contributed by atoms with E-state index >= 15 is 0 Å². The third kappa shape index (κ3) is 2.71. The highest BCUT2D eigenvalue weighted by molar-refractivity contribution is 6.05. The second kappa shape index (κ2) is 6.16. The van der Waals surface area contributed by atoms with Crippen molar-refractivity contribution in [1.82, 2.24) is 0 Å². The van der Waals surface area contributed by atoms with Gasteiger partial charge in [-0.15, -0.1) is 0 Å². The minimum absolute atomic E-state index is 0.0679. The van der Waals surface area contributed by atoms with Crippen LogP contribution in [0, 0.1) is 0 Å². The molecule has 0 aromatic heterocycles. The maximum Gasteiger partial charge on any atom is 0.209 e. The molecule has 2 aromatic rings. The first-order valence-corrected chi connectivity index (χ1v) is 8.09. The molecule has 0 unspecified atom stereocenters. The Bertz CT molecular complexity index is 814. The Balaban J connectivity index is 1.95. The molecule has 0 N–H and O–H groups in total. The molecular weight excluding hydrogens is 298 g/mol. The van der Waals surface area contributed by atoms with E-state index in [9.17, 15) is 0 Å². The summed E-state index contributed by atoms with van der Waals surface area (Å²) in [6.45, 7) is 4.50. The molecule has 0 saturated heterocycles. The quantitative estimate of drug-likeness (QED) is 0.777. The number of fused-ring (bicyclic) bond motifs is 1. The highest BCUT2D eigenvalue weighted by Crippen LogP contribution is 2.41. The van der Waals surface area contributed by atoms with Crippen molar-refractivity contribution in [1.29, 1.82) is 0 Å². The minimum atomic E-state index is -0.0679. The highest BCUT2D eigenvalue weighted by Gasteiger charge is 2.43. The monoisotopic (exact) mass is 322 g/mol. The van der Waals surface area contributed by atoms with Crippen molar-refractivity contribution < 1.29 is 14.0 Å². The molecule has 0 radical (unpaired) electrons. The zero-order valence-corrected chi connectivity index (χ0v) is 15.0. The molecule has 0 spiro atoms. The standard InChI is InChI=1S/C21H24NO2/c1-21(2)18-14-17(24-5)11-12-19(18)22(3)20(21)13-8-15-6-9-16(23-4)10-7-15/h6-14H,1-5H3/q+1. The van der Waals surface area contributed by atoms with Gasteiger partial charge >= 0.3 is 0 Å². The molecule has 2 aromatic carbocycles. The summed E-state index contributed by atoms with van der Waals surface area (Å²) in [5.74, 6) is 1.77. The molecular formula is C21H24NO2+. The third-order valence-electron chi connectivity index (χ3n) is 4.79. The van der Waals surface area contributed by atoms with Crippen LogP contribution < -0.4 is 9.47 Å². The topological polar surface area (TPSA) is 21.5 Å². The first-order valence-electron chi connectivity index (χ1n) is 8.09. The second-order valence-electron chi connectivity index (χ2n) is 6.56. The van der Waals surface area contributed by atoms with Crippen LogP contribution in [-0.4, -0.2) is 31.6 Å². The summed E-state index contributed by atoms with van der Waals surface area (Å²) < 4.78 is 12.9. The summed E-state index contributed by atoms with van der Waals surface area (Å²) in [5, 5.41) is 0. The smallest absolute Gasteiger partial charge is 0.209 e. The van der Waals surface area contributed by atoms with Gasteiger partial charge in [-0.3, -0.25) is 0 Å². The Morgan fingerprint density at radius 1 is 0.875 bits per heavy atom. The number of hydrogen-bond acceptors (Lipinski definition) is 2. The fraction of sp³-hybridized carbons (Fsp3) is 0.286. The van der Waals surface area contributed by atoms with Crippen LogP contribution in [0.15, 0.2) is 48.5 Å². The molecule has 0 fully saturated rings. The largest absolute Gasteiger partial charge is 0.497 e. The lowest BCUT2D eigenvalue weighted by Crippen LogP contribution is -2.26. The highest BCUT2D eigenvalue weighted by atomic mass is 16.5.